The maximum atomic E-state index is 10.8. The minimum absolute atomic E-state index is 0.00701. The lowest BCUT2D eigenvalue weighted by molar-refractivity contribution is -0.384. The molecule has 1 saturated carbocycles. The fourth-order valence-corrected chi connectivity index (χ4v) is 3.31. The summed E-state index contributed by atoms with van der Waals surface area (Å²) in [6, 6.07) is 7.05. The molecule has 2 rings (SSSR count). The highest BCUT2D eigenvalue weighted by atomic mass is 35.5. The van der Waals surface area contributed by atoms with E-state index in [2.05, 4.69) is 6.07 Å². The first-order valence-electron chi connectivity index (χ1n) is 7.40. The van der Waals surface area contributed by atoms with Crippen molar-refractivity contribution in [1.29, 1.82) is 5.26 Å². The Kier molecular flexibility index (Phi) is 5.19. The van der Waals surface area contributed by atoms with Gasteiger partial charge in [-0.1, -0.05) is 49.8 Å². The first kappa shape index (κ1) is 15.8. The number of halogens is 1. The molecule has 1 aliphatic carbocycles. The molecule has 1 fully saturated rings. The molecule has 0 atom stereocenters. The van der Waals surface area contributed by atoms with Gasteiger partial charge in [0.1, 0.15) is 0 Å². The van der Waals surface area contributed by atoms with Gasteiger partial charge in [-0.25, -0.2) is 0 Å². The van der Waals surface area contributed by atoms with Crippen molar-refractivity contribution < 1.29 is 4.92 Å². The van der Waals surface area contributed by atoms with E-state index in [1.54, 1.807) is 6.07 Å². The van der Waals surface area contributed by atoms with Crippen LogP contribution in [0.15, 0.2) is 18.2 Å². The lowest BCUT2D eigenvalue weighted by Gasteiger charge is -2.29. The second kappa shape index (κ2) is 6.91. The first-order chi connectivity index (χ1) is 10.1. The van der Waals surface area contributed by atoms with Crippen LogP contribution in [0.3, 0.4) is 0 Å². The second-order valence-corrected chi connectivity index (χ2v) is 6.28. The summed E-state index contributed by atoms with van der Waals surface area (Å²) in [7, 11) is 0. The average molecular weight is 307 g/mol. The van der Waals surface area contributed by atoms with Crippen LogP contribution in [0, 0.1) is 26.9 Å². The predicted molar refractivity (Wildman–Crippen MR) is 82.2 cm³/mol. The molecule has 112 valence electrons. The monoisotopic (exact) mass is 306 g/mol. The van der Waals surface area contributed by atoms with Crippen molar-refractivity contribution in [3.8, 4) is 6.07 Å². The third-order valence-corrected chi connectivity index (χ3v) is 4.68. The van der Waals surface area contributed by atoms with Crippen molar-refractivity contribution in [3.63, 3.8) is 0 Å². The zero-order valence-corrected chi connectivity index (χ0v) is 12.7. The molecule has 1 aromatic rings. The number of nitro benzene ring substituents is 1. The number of hydrogen-bond acceptors (Lipinski definition) is 3. The van der Waals surface area contributed by atoms with E-state index in [1.165, 1.54) is 31.4 Å². The molecule has 1 aromatic carbocycles. The Morgan fingerprint density at radius 2 is 1.86 bits per heavy atom. The molecular formula is C16H19ClN2O2. The summed E-state index contributed by atoms with van der Waals surface area (Å²) in [5, 5.41) is 20.8. The van der Waals surface area contributed by atoms with Crippen LogP contribution in [0.5, 0.6) is 0 Å². The van der Waals surface area contributed by atoms with E-state index in [-0.39, 0.29) is 11.1 Å². The van der Waals surface area contributed by atoms with Gasteiger partial charge in [-0.2, -0.15) is 5.26 Å². The molecule has 0 unspecified atom stereocenters. The Hall–Kier alpha value is -1.60. The summed E-state index contributed by atoms with van der Waals surface area (Å²) in [5.41, 5.74) is 0.456. The van der Waals surface area contributed by atoms with Crippen LogP contribution < -0.4 is 0 Å². The fourth-order valence-electron chi connectivity index (χ4n) is 3.07. The van der Waals surface area contributed by atoms with E-state index in [4.69, 9.17) is 11.6 Å². The van der Waals surface area contributed by atoms with E-state index in [1.807, 2.05) is 0 Å². The topological polar surface area (TPSA) is 66.9 Å². The van der Waals surface area contributed by atoms with Crippen LogP contribution in [0.1, 0.15) is 50.5 Å². The molecule has 0 saturated heterocycles. The number of benzene rings is 1. The maximum absolute atomic E-state index is 10.8. The molecule has 1 aliphatic rings. The Balaban J connectivity index is 2.21. The Morgan fingerprint density at radius 1 is 1.24 bits per heavy atom. The number of nitro groups is 1. The van der Waals surface area contributed by atoms with Gasteiger partial charge in [0.05, 0.1) is 21.4 Å². The van der Waals surface area contributed by atoms with E-state index >= 15 is 0 Å². The molecule has 4 nitrogen and oxygen atoms in total. The van der Waals surface area contributed by atoms with Crippen molar-refractivity contribution in [3.05, 3.63) is 38.9 Å². The van der Waals surface area contributed by atoms with E-state index < -0.39 is 4.92 Å². The zero-order chi connectivity index (χ0) is 15.3. The molecule has 5 heteroatoms. The van der Waals surface area contributed by atoms with Crippen LogP contribution >= 0.6 is 11.6 Å². The summed E-state index contributed by atoms with van der Waals surface area (Å²) in [5.74, 6) is 0. The molecule has 0 N–H and O–H groups in total. The summed E-state index contributed by atoms with van der Waals surface area (Å²) in [4.78, 5) is 10.3. The highest BCUT2D eigenvalue weighted by Gasteiger charge is 2.31. The van der Waals surface area contributed by atoms with Crippen molar-refractivity contribution in [1.82, 2.24) is 0 Å². The number of hydrogen-bond donors (Lipinski definition) is 0. The molecule has 0 aliphatic heterocycles. The molecule has 0 spiro atoms. The number of rotatable bonds is 3. The predicted octanol–water partition coefficient (Wildman–Crippen LogP) is 5.04. The Bertz CT molecular complexity index is 558. The van der Waals surface area contributed by atoms with E-state index in [0.29, 0.717) is 11.4 Å². The number of nitriles is 1. The van der Waals surface area contributed by atoms with E-state index in [0.717, 1.165) is 31.2 Å². The van der Waals surface area contributed by atoms with Gasteiger partial charge in [-0.15, -0.1) is 0 Å². The first-order valence-corrected chi connectivity index (χ1v) is 7.78. The summed E-state index contributed by atoms with van der Waals surface area (Å²) in [6.45, 7) is 0. The van der Waals surface area contributed by atoms with E-state index in [9.17, 15) is 15.4 Å². The molecule has 21 heavy (non-hydrogen) atoms. The van der Waals surface area contributed by atoms with Crippen LogP contribution in [0.2, 0.25) is 5.02 Å². The van der Waals surface area contributed by atoms with Crippen molar-refractivity contribution in [2.24, 2.45) is 5.41 Å². The average Bonchev–Trinajstić information content (AvgIpc) is 2.44. The Morgan fingerprint density at radius 3 is 2.38 bits per heavy atom. The molecular weight excluding hydrogens is 288 g/mol. The van der Waals surface area contributed by atoms with Crippen LogP contribution in [-0.4, -0.2) is 4.92 Å². The molecule has 0 heterocycles. The van der Waals surface area contributed by atoms with Crippen molar-refractivity contribution in [2.75, 3.05) is 0 Å². The lowest BCUT2D eigenvalue weighted by atomic mass is 9.73. The SMILES string of the molecule is N#CC1(Cc2ccc([N+](=O)[O-])cc2Cl)CCCCCCC1. The summed E-state index contributed by atoms with van der Waals surface area (Å²) in [6.07, 6.45) is 8.10. The van der Waals surface area contributed by atoms with Crippen molar-refractivity contribution >= 4 is 17.3 Å². The second-order valence-electron chi connectivity index (χ2n) is 5.87. The van der Waals surface area contributed by atoms with Gasteiger partial charge >= 0.3 is 0 Å². The smallest absolute Gasteiger partial charge is 0.258 e. The summed E-state index contributed by atoms with van der Waals surface area (Å²) >= 11 is 6.17. The highest BCUT2D eigenvalue weighted by Crippen LogP contribution is 2.38. The summed E-state index contributed by atoms with van der Waals surface area (Å²) < 4.78 is 0. The van der Waals surface area contributed by atoms with Gasteiger partial charge in [0.2, 0.25) is 0 Å². The van der Waals surface area contributed by atoms with Gasteiger partial charge in [-0.3, -0.25) is 10.1 Å². The minimum Gasteiger partial charge on any atom is -0.258 e. The Labute approximate surface area is 129 Å². The van der Waals surface area contributed by atoms with Crippen LogP contribution in [0.25, 0.3) is 0 Å². The molecule has 0 radical (unpaired) electrons. The normalized spacial score (nSPS) is 18.3. The standard InChI is InChI=1S/C16H19ClN2O2/c17-15-10-14(19(20)21)7-6-13(15)11-16(12-18)8-4-2-1-3-5-9-16/h6-7,10H,1-5,8-9,11H2. The molecule has 0 aromatic heterocycles. The molecule has 0 bridgehead atoms. The van der Waals surface area contributed by atoms with Crippen LogP contribution in [0.4, 0.5) is 5.69 Å². The van der Waals surface area contributed by atoms with Gasteiger partial charge in [0.25, 0.3) is 5.69 Å². The minimum atomic E-state index is -0.453. The van der Waals surface area contributed by atoms with Gasteiger partial charge in [0.15, 0.2) is 0 Å². The van der Waals surface area contributed by atoms with Gasteiger partial charge < -0.3 is 0 Å². The third-order valence-electron chi connectivity index (χ3n) is 4.32. The number of nitrogens with zero attached hydrogens (tertiary/aromatic N) is 2. The van der Waals surface area contributed by atoms with Gasteiger partial charge in [0, 0.05) is 12.1 Å². The molecule has 0 amide bonds. The lowest BCUT2D eigenvalue weighted by Crippen LogP contribution is -2.23. The third kappa shape index (κ3) is 3.95. The maximum Gasteiger partial charge on any atom is 0.270 e. The quantitative estimate of drug-likeness (QED) is 0.580. The number of non-ortho nitro benzene ring substituents is 1. The zero-order valence-electron chi connectivity index (χ0n) is 12.0. The van der Waals surface area contributed by atoms with Gasteiger partial charge in [-0.05, 0) is 24.8 Å². The largest absolute Gasteiger partial charge is 0.270 e. The fraction of sp³-hybridized carbons (Fsp3) is 0.562. The van der Waals surface area contributed by atoms with Crippen LogP contribution in [-0.2, 0) is 6.42 Å². The van der Waals surface area contributed by atoms with Crippen molar-refractivity contribution in [2.45, 2.75) is 51.4 Å². The highest BCUT2D eigenvalue weighted by molar-refractivity contribution is 6.31.